The number of rotatable bonds is 7. The van der Waals surface area contributed by atoms with E-state index in [2.05, 4.69) is 39.1 Å². The molecule has 1 fully saturated rings. The van der Waals surface area contributed by atoms with Crippen molar-refractivity contribution in [2.24, 2.45) is 5.92 Å². The molecule has 6 heteroatoms. The van der Waals surface area contributed by atoms with Crippen LogP contribution in [0.4, 0.5) is 0 Å². The van der Waals surface area contributed by atoms with Crippen molar-refractivity contribution in [3.05, 3.63) is 45.9 Å². The molecule has 1 aliphatic rings. The fourth-order valence-corrected chi connectivity index (χ4v) is 5.40. The summed E-state index contributed by atoms with van der Waals surface area (Å²) in [6.07, 6.45) is 7.06. The molecule has 3 aromatic rings. The van der Waals surface area contributed by atoms with E-state index in [1.165, 1.54) is 32.1 Å². The second-order valence-corrected chi connectivity index (χ2v) is 10.00. The van der Waals surface area contributed by atoms with E-state index in [1.807, 2.05) is 18.2 Å². The first kappa shape index (κ1) is 20.4. The average molecular weight is 474 g/mol. The predicted molar refractivity (Wildman–Crippen MR) is 121 cm³/mol. The number of fused-ring (bicyclic) bond motifs is 1. The van der Waals surface area contributed by atoms with Gasteiger partial charge in [0.25, 0.3) is 0 Å². The normalized spacial score (nSPS) is 14.9. The van der Waals surface area contributed by atoms with Crippen molar-refractivity contribution >= 4 is 43.5 Å². The van der Waals surface area contributed by atoms with Gasteiger partial charge in [-0.3, -0.25) is 4.79 Å². The van der Waals surface area contributed by atoms with E-state index in [-0.39, 0.29) is 6.42 Å². The van der Waals surface area contributed by atoms with Gasteiger partial charge < -0.3 is 9.84 Å². The summed E-state index contributed by atoms with van der Waals surface area (Å²) in [6.45, 7) is 0.746. The maximum absolute atomic E-state index is 11.0. The van der Waals surface area contributed by atoms with E-state index in [0.717, 1.165) is 43.2 Å². The number of aryl methyl sites for hydroxylation is 1. The molecule has 2 aromatic carbocycles. The van der Waals surface area contributed by atoms with Gasteiger partial charge in [-0.2, -0.15) is 0 Å². The molecular weight excluding hydrogens is 450 g/mol. The maximum Gasteiger partial charge on any atom is 0.303 e. The van der Waals surface area contributed by atoms with Crippen LogP contribution in [-0.4, -0.2) is 22.7 Å². The Kier molecular flexibility index (Phi) is 6.50. The number of carboxylic acid groups (broad SMARTS) is 1. The quantitative estimate of drug-likeness (QED) is 0.414. The summed E-state index contributed by atoms with van der Waals surface area (Å²) in [5.74, 6) is 0.723. The van der Waals surface area contributed by atoms with Gasteiger partial charge in [-0.05, 0) is 76.5 Å². The van der Waals surface area contributed by atoms with Crippen molar-refractivity contribution in [3.8, 4) is 16.9 Å². The zero-order valence-electron chi connectivity index (χ0n) is 16.2. The molecular formula is C23H24BrNO3S. The Morgan fingerprint density at radius 3 is 2.79 bits per heavy atom. The Labute approximate surface area is 183 Å². The highest BCUT2D eigenvalue weighted by Gasteiger charge is 2.16. The van der Waals surface area contributed by atoms with Crippen LogP contribution in [0.3, 0.4) is 0 Å². The summed E-state index contributed by atoms with van der Waals surface area (Å²) in [6, 6.07) is 12.3. The molecule has 1 aliphatic carbocycles. The minimum atomic E-state index is -0.778. The number of halogens is 1. The Morgan fingerprint density at radius 1 is 1.17 bits per heavy atom. The first-order valence-corrected chi connectivity index (χ1v) is 11.7. The zero-order chi connectivity index (χ0) is 20.2. The van der Waals surface area contributed by atoms with Gasteiger partial charge >= 0.3 is 5.97 Å². The number of nitrogens with zero attached hydrogens (tertiary/aromatic N) is 1. The van der Waals surface area contributed by atoms with Crippen LogP contribution in [0.5, 0.6) is 5.75 Å². The molecule has 0 aliphatic heterocycles. The molecule has 0 atom stereocenters. The highest BCUT2D eigenvalue weighted by Crippen LogP contribution is 2.36. The van der Waals surface area contributed by atoms with Gasteiger partial charge in [0.1, 0.15) is 5.75 Å². The standard InChI is InChI=1S/C23H24BrNO3S/c24-23-25-19-9-8-17(13-21(19)29-23)18-12-15(7-11-22(26)27)6-10-20(18)28-14-16-4-2-1-3-5-16/h6,8-10,12-13,16H,1-5,7,11,14H2,(H,26,27). The lowest BCUT2D eigenvalue weighted by molar-refractivity contribution is -0.136. The minimum absolute atomic E-state index is 0.128. The van der Waals surface area contributed by atoms with Crippen molar-refractivity contribution in [3.63, 3.8) is 0 Å². The number of thiazole rings is 1. The largest absolute Gasteiger partial charge is 0.493 e. The Morgan fingerprint density at radius 2 is 2.00 bits per heavy atom. The highest BCUT2D eigenvalue weighted by molar-refractivity contribution is 9.11. The predicted octanol–water partition coefficient (Wildman–Crippen LogP) is 6.70. The number of aromatic nitrogens is 1. The molecule has 0 amide bonds. The molecule has 1 aromatic heterocycles. The van der Waals surface area contributed by atoms with E-state index < -0.39 is 5.97 Å². The third-order valence-corrected chi connectivity index (χ3v) is 7.01. The van der Waals surface area contributed by atoms with Crippen LogP contribution in [-0.2, 0) is 11.2 Å². The van der Waals surface area contributed by atoms with Gasteiger partial charge in [0.2, 0.25) is 0 Å². The highest BCUT2D eigenvalue weighted by atomic mass is 79.9. The van der Waals surface area contributed by atoms with Crippen molar-refractivity contribution < 1.29 is 14.6 Å². The van der Waals surface area contributed by atoms with Gasteiger partial charge in [-0.1, -0.05) is 31.4 Å². The second kappa shape index (κ2) is 9.26. The number of carboxylic acids is 1. The molecule has 4 rings (SSSR count). The van der Waals surface area contributed by atoms with E-state index in [4.69, 9.17) is 9.84 Å². The number of carbonyl (C=O) groups is 1. The monoisotopic (exact) mass is 473 g/mol. The van der Waals surface area contributed by atoms with Crippen LogP contribution in [0.15, 0.2) is 40.3 Å². The molecule has 0 bridgehead atoms. The summed E-state index contributed by atoms with van der Waals surface area (Å²) in [4.78, 5) is 15.5. The van der Waals surface area contributed by atoms with Crippen LogP contribution in [0.25, 0.3) is 21.3 Å². The summed E-state index contributed by atoms with van der Waals surface area (Å²) in [5, 5.41) is 9.03. The summed E-state index contributed by atoms with van der Waals surface area (Å²) >= 11 is 5.07. The van der Waals surface area contributed by atoms with Crippen molar-refractivity contribution in [1.82, 2.24) is 4.98 Å². The van der Waals surface area contributed by atoms with E-state index in [0.29, 0.717) is 12.3 Å². The fraction of sp³-hybridized carbons (Fsp3) is 0.391. The zero-order valence-corrected chi connectivity index (χ0v) is 18.6. The molecule has 4 nitrogen and oxygen atoms in total. The Hall–Kier alpha value is -1.92. The molecule has 1 saturated carbocycles. The number of aliphatic carboxylic acids is 1. The van der Waals surface area contributed by atoms with Gasteiger partial charge in [-0.25, -0.2) is 4.98 Å². The Bertz CT molecular complexity index is 1010. The summed E-state index contributed by atoms with van der Waals surface area (Å²) in [5.41, 5.74) is 4.08. The minimum Gasteiger partial charge on any atom is -0.493 e. The second-order valence-electron chi connectivity index (χ2n) is 7.69. The average Bonchev–Trinajstić information content (AvgIpc) is 3.11. The molecule has 0 unspecified atom stereocenters. The van der Waals surface area contributed by atoms with E-state index >= 15 is 0 Å². The van der Waals surface area contributed by atoms with Crippen LogP contribution < -0.4 is 4.74 Å². The molecule has 152 valence electrons. The lowest BCUT2D eigenvalue weighted by Gasteiger charge is -2.22. The van der Waals surface area contributed by atoms with Crippen LogP contribution in [0, 0.1) is 5.92 Å². The van der Waals surface area contributed by atoms with Crippen LogP contribution >= 0.6 is 27.3 Å². The van der Waals surface area contributed by atoms with Crippen LogP contribution in [0.2, 0.25) is 0 Å². The lowest BCUT2D eigenvalue weighted by Crippen LogP contribution is -2.15. The smallest absolute Gasteiger partial charge is 0.303 e. The van der Waals surface area contributed by atoms with Gasteiger partial charge in [0, 0.05) is 12.0 Å². The van der Waals surface area contributed by atoms with Crippen molar-refractivity contribution in [2.75, 3.05) is 6.61 Å². The van der Waals surface area contributed by atoms with Crippen molar-refractivity contribution in [2.45, 2.75) is 44.9 Å². The number of hydrogen-bond acceptors (Lipinski definition) is 4. The van der Waals surface area contributed by atoms with Gasteiger partial charge in [-0.15, -0.1) is 11.3 Å². The number of hydrogen-bond donors (Lipinski definition) is 1. The lowest BCUT2D eigenvalue weighted by atomic mass is 9.90. The first-order valence-electron chi connectivity index (χ1n) is 10.1. The summed E-state index contributed by atoms with van der Waals surface area (Å²) < 4.78 is 8.27. The topological polar surface area (TPSA) is 59.4 Å². The molecule has 1 N–H and O–H groups in total. The first-order chi connectivity index (χ1) is 14.1. The fourth-order valence-electron chi connectivity index (χ4n) is 3.96. The van der Waals surface area contributed by atoms with Gasteiger partial charge in [0.15, 0.2) is 3.92 Å². The summed E-state index contributed by atoms with van der Waals surface area (Å²) in [7, 11) is 0. The molecule has 0 saturated heterocycles. The van der Waals surface area contributed by atoms with Crippen LogP contribution in [0.1, 0.15) is 44.1 Å². The third kappa shape index (κ3) is 5.17. The van der Waals surface area contributed by atoms with E-state index in [1.54, 1.807) is 11.3 Å². The molecule has 29 heavy (non-hydrogen) atoms. The van der Waals surface area contributed by atoms with Crippen molar-refractivity contribution in [1.29, 1.82) is 0 Å². The molecule has 1 heterocycles. The third-order valence-electron chi connectivity index (χ3n) is 5.54. The number of ether oxygens (including phenoxy) is 1. The molecule has 0 spiro atoms. The maximum atomic E-state index is 11.0. The number of benzene rings is 2. The Balaban J connectivity index is 1.64. The van der Waals surface area contributed by atoms with Gasteiger partial charge in [0.05, 0.1) is 16.8 Å². The molecule has 0 radical (unpaired) electrons. The van der Waals surface area contributed by atoms with E-state index in [9.17, 15) is 4.79 Å². The SMILES string of the molecule is O=C(O)CCc1ccc(OCC2CCCCC2)c(-c2ccc3nc(Br)sc3c2)c1.